The van der Waals surface area contributed by atoms with E-state index in [1.807, 2.05) is 53.9 Å². The molecule has 0 aliphatic carbocycles. The number of aromatic nitrogens is 1. The second kappa shape index (κ2) is 7.59. The molecule has 2 heterocycles. The van der Waals surface area contributed by atoms with Gasteiger partial charge < -0.3 is 9.73 Å². The van der Waals surface area contributed by atoms with E-state index in [1.165, 1.54) is 11.3 Å². The fraction of sp³-hybridized carbons (Fsp3) is 0. The third-order valence-corrected chi connectivity index (χ3v) is 5.49. The van der Waals surface area contributed by atoms with Crippen molar-refractivity contribution in [2.24, 2.45) is 0 Å². The monoisotopic (exact) mass is 457 g/mol. The lowest BCUT2D eigenvalue weighted by atomic mass is 10.2. The Bertz CT molecular complexity index is 1140. The van der Waals surface area contributed by atoms with Crippen LogP contribution in [-0.2, 0) is 0 Å². The molecule has 5 nitrogen and oxygen atoms in total. The number of thiophene rings is 1. The topological polar surface area (TPSA) is 67.2 Å². The first-order chi connectivity index (χ1) is 13.1. The van der Waals surface area contributed by atoms with Crippen molar-refractivity contribution in [3.63, 3.8) is 0 Å². The molecular weight excluding hydrogens is 446 g/mol. The summed E-state index contributed by atoms with van der Waals surface area (Å²) < 4.78 is 6.75. The standard InChI is InChI=1S/C19H12BrN3O2S2/c20-13-5-2-1-4-12(13)18-22-14-10-11(7-8-15(14)25-18)21-19(26)23-17(24)16-6-3-9-27-16/h1-10H,(H2,21,23,24,26). The molecule has 134 valence electrons. The molecule has 2 aromatic heterocycles. The average Bonchev–Trinajstić information content (AvgIpc) is 3.31. The number of anilines is 1. The maximum atomic E-state index is 12.1. The molecule has 0 saturated heterocycles. The van der Waals surface area contributed by atoms with Gasteiger partial charge in [0.05, 0.1) is 10.4 Å². The van der Waals surface area contributed by atoms with E-state index < -0.39 is 0 Å². The van der Waals surface area contributed by atoms with Gasteiger partial charge in [0.2, 0.25) is 5.89 Å². The normalized spacial score (nSPS) is 10.7. The lowest BCUT2D eigenvalue weighted by Gasteiger charge is -2.08. The van der Waals surface area contributed by atoms with Crippen LogP contribution in [0.2, 0.25) is 0 Å². The fourth-order valence-corrected chi connectivity index (χ4v) is 3.77. The molecule has 0 bridgehead atoms. The zero-order valence-corrected chi connectivity index (χ0v) is 17.0. The number of nitrogens with zero attached hydrogens (tertiary/aromatic N) is 1. The first kappa shape index (κ1) is 17.8. The van der Waals surface area contributed by atoms with E-state index in [0.29, 0.717) is 27.6 Å². The molecule has 0 aliphatic rings. The number of rotatable bonds is 3. The molecule has 1 amide bonds. The predicted molar refractivity (Wildman–Crippen MR) is 115 cm³/mol. The SMILES string of the molecule is O=C(NC(=S)Nc1ccc2oc(-c3ccccc3Br)nc2c1)c1cccs1. The van der Waals surface area contributed by atoms with Gasteiger partial charge >= 0.3 is 0 Å². The van der Waals surface area contributed by atoms with E-state index in [4.69, 9.17) is 16.6 Å². The van der Waals surface area contributed by atoms with E-state index in [-0.39, 0.29) is 11.0 Å². The molecule has 0 fully saturated rings. The van der Waals surface area contributed by atoms with Crippen molar-refractivity contribution >= 4 is 67.3 Å². The van der Waals surface area contributed by atoms with Crippen LogP contribution < -0.4 is 10.6 Å². The molecular formula is C19H12BrN3O2S2. The van der Waals surface area contributed by atoms with E-state index in [0.717, 1.165) is 10.0 Å². The summed E-state index contributed by atoms with van der Waals surface area (Å²) >= 11 is 10.1. The minimum atomic E-state index is -0.235. The predicted octanol–water partition coefficient (Wildman–Crippen LogP) is 5.45. The van der Waals surface area contributed by atoms with Crippen LogP contribution in [0.4, 0.5) is 5.69 Å². The van der Waals surface area contributed by atoms with Gasteiger partial charge in [0.1, 0.15) is 5.52 Å². The zero-order valence-electron chi connectivity index (χ0n) is 13.7. The zero-order chi connectivity index (χ0) is 18.8. The van der Waals surface area contributed by atoms with Gasteiger partial charge in [0, 0.05) is 10.2 Å². The van der Waals surface area contributed by atoms with Gasteiger partial charge in [0.15, 0.2) is 10.7 Å². The number of amides is 1. The summed E-state index contributed by atoms with van der Waals surface area (Å²) in [5, 5.41) is 7.72. The largest absolute Gasteiger partial charge is 0.436 e. The Balaban J connectivity index is 1.52. The number of oxazole rings is 1. The van der Waals surface area contributed by atoms with Crippen LogP contribution in [0.25, 0.3) is 22.6 Å². The molecule has 0 unspecified atom stereocenters. The van der Waals surface area contributed by atoms with Gasteiger partial charge in [-0.15, -0.1) is 11.3 Å². The van der Waals surface area contributed by atoms with Crippen LogP contribution in [0.5, 0.6) is 0 Å². The van der Waals surface area contributed by atoms with Crippen LogP contribution in [0.3, 0.4) is 0 Å². The fourth-order valence-electron chi connectivity index (χ4n) is 2.49. The number of nitrogens with one attached hydrogen (secondary N) is 2. The number of benzene rings is 2. The van der Waals surface area contributed by atoms with Crippen LogP contribution in [0, 0.1) is 0 Å². The Hall–Kier alpha value is -2.55. The smallest absolute Gasteiger partial charge is 0.267 e. The second-order valence-corrected chi connectivity index (χ2v) is 7.78. The molecule has 0 saturated carbocycles. The number of halogens is 1. The minimum absolute atomic E-state index is 0.224. The molecule has 0 aliphatic heterocycles. The first-order valence-corrected chi connectivity index (χ1v) is 9.99. The van der Waals surface area contributed by atoms with Crippen LogP contribution in [0.1, 0.15) is 9.67 Å². The molecule has 27 heavy (non-hydrogen) atoms. The van der Waals surface area contributed by atoms with Crippen molar-refractivity contribution in [1.82, 2.24) is 10.3 Å². The van der Waals surface area contributed by atoms with Crippen LogP contribution >= 0.6 is 39.5 Å². The Labute approximate surface area is 172 Å². The van der Waals surface area contributed by atoms with E-state index in [2.05, 4.69) is 31.5 Å². The first-order valence-electron chi connectivity index (χ1n) is 7.91. The summed E-state index contributed by atoms with van der Waals surface area (Å²) in [6.45, 7) is 0. The highest BCUT2D eigenvalue weighted by Gasteiger charge is 2.12. The number of thiocarbonyl (C=S) groups is 1. The highest BCUT2D eigenvalue weighted by atomic mass is 79.9. The van der Waals surface area contributed by atoms with Crippen molar-refractivity contribution in [3.8, 4) is 11.5 Å². The highest BCUT2D eigenvalue weighted by molar-refractivity contribution is 9.10. The Morgan fingerprint density at radius 3 is 2.78 bits per heavy atom. The Kier molecular flexibility index (Phi) is 5.02. The lowest BCUT2D eigenvalue weighted by Crippen LogP contribution is -2.33. The Morgan fingerprint density at radius 2 is 2.00 bits per heavy atom. The molecule has 4 aromatic rings. The number of carbonyl (C=O) groups excluding carboxylic acids is 1. The Morgan fingerprint density at radius 1 is 1.15 bits per heavy atom. The third-order valence-electron chi connectivity index (χ3n) is 3.72. The van der Waals surface area contributed by atoms with Gasteiger partial charge in [0.25, 0.3) is 5.91 Å². The number of fused-ring (bicyclic) bond motifs is 1. The lowest BCUT2D eigenvalue weighted by molar-refractivity contribution is 0.0981. The van der Waals surface area contributed by atoms with E-state index in [1.54, 1.807) is 6.07 Å². The third kappa shape index (κ3) is 3.92. The van der Waals surface area contributed by atoms with Gasteiger partial charge in [-0.1, -0.05) is 18.2 Å². The van der Waals surface area contributed by atoms with Gasteiger partial charge in [-0.3, -0.25) is 10.1 Å². The van der Waals surface area contributed by atoms with Crippen LogP contribution in [-0.4, -0.2) is 16.0 Å². The van der Waals surface area contributed by atoms with Crippen molar-refractivity contribution in [2.75, 3.05) is 5.32 Å². The maximum Gasteiger partial charge on any atom is 0.267 e. The second-order valence-electron chi connectivity index (χ2n) is 5.57. The minimum Gasteiger partial charge on any atom is -0.436 e. The van der Waals surface area contributed by atoms with E-state index in [9.17, 15) is 4.79 Å². The molecule has 2 N–H and O–H groups in total. The number of hydrogen-bond acceptors (Lipinski definition) is 5. The van der Waals surface area contributed by atoms with Gasteiger partial charge in [-0.2, -0.15) is 0 Å². The van der Waals surface area contributed by atoms with E-state index >= 15 is 0 Å². The quantitative estimate of drug-likeness (QED) is 0.400. The number of carbonyl (C=O) groups is 1. The summed E-state index contributed by atoms with van der Waals surface area (Å²) in [4.78, 5) is 17.2. The number of hydrogen-bond donors (Lipinski definition) is 2. The van der Waals surface area contributed by atoms with Crippen molar-refractivity contribution < 1.29 is 9.21 Å². The maximum absolute atomic E-state index is 12.1. The van der Waals surface area contributed by atoms with Crippen molar-refractivity contribution in [2.45, 2.75) is 0 Å². The molecule has 8 heteroatoms. The molecule has 0 radical (unpaired) electrons. The van der Waals surface area contributed by atoms with Gasteiger partial charge in [-0.25, -0.2) is 4.98 Å². The highest BCUT2D eigenvalue weighted by Crippen LogP contribution is 2.30. The summed E-state index contributed by atoms with van der Waals surface area (Å²) in [5.41, 5.74) is 2.95. The average molecular weight is 458 g/mol. The summed E-state index contributed by atoms with van der Waals surface area (Å²) in [7, 11) is 0. The molecule has 0 atom stereocenters. The summed E-state index contributed by atoms with van der Waals surface area (Å²) in [6, 6.07) is 16.7. The molecule has 4 rings (SSSR count). The van der Waals surface area contributed by atoms with Gasteiger partial charge in [-0.05, 0) is 69.9 Å². The molecule has 2 aromatic carbocycles. The summed E-state index contributed by atoms with van der Waals surface area (Å²) in [5.74, 6) is 0.296. The molecule has 0 spiro atoms. The summed E-state index contributed by atoms with van der Waals surface area (Å²) in [6.07, 6.45) is 0. The van der Waals surface area contributed by atoms with Crippen LogP contribution in [0.15, 0.2) is 68.9 Å². The van der Waals surface area contributed by atoms with Crippen molar-refractivity contribution in [1.29, 1.82) is 0 Å². The van der Waals surface area contributed by atoms with Crippen molar-refractivity contribution in [3.05, 3.63) is 69.3 Å².